The van der Waals surface area contributed by atoms with Gasteiger partial charge in [-0.05, 0) is 43.0 Å². The first-order valence-corrected chi connectivity index (χ1v) is 6.74. The van der Waals surface area contributed by atoms with E-state index in [0.29, 0.717) is 29.3 Å². The van der Waals surface area contributed by atoms with Gasteiger partial charge in [0.15, 0.2) is 5.78 Å². The molecule has 0 aliphatic heterocycles. The highest BCUT2D eigenvalue weighted by Gasteiger charge is 2.40. The van der Waals surface area contributed by atoms with Gasteiger partial charge in [0.25, 0.3) is 0 Å². The third-order valence-electron chi connectivity index (χ3n) is 3.43. The molecule has 4 heteroatoms. The Balaban J connectivity index is 2.30. The minimum Gasteiger partial charge on any atom is -0.298 e. The number of ketones is 1. The van der Waals surface area contributed by atoms with Crippen molar-refractivity contribution < 1.29 is 9.18 Å². The van der Waals surface area contributed by atoms with Gasteiger partial charge in [-0.2, -0.15) is 5.26 Å². The van der Waals surface area contributed by atoms with Gasteiger partial charge in [0.05, 0.1) is 6.07 Å². The molecule has 0 N–H and O–H groups in total. The first-order chi connectivity index (χ1) is 8.55. The molecule has 0 bridgehead atoms. The maximum absolute atomic E-state index is 13.3. The highest BCUT2D eigenvalue weighted by atomic mass is 79.9. The van der Waals surface area contributed by atoms with E-state index in [0.717, 1.165) is 12.8 Å². The number of nitriles is 1. The average Bonchev–Trinajstić information content (AvgIpc) is 2.31. The molecule has 2 rings (SSSR count). The largest absolute Gasteiger partial charge is 0.298 e. The first-order valence-electron chi connectivity index (χ1n) is 5.95. The summed E-state index contributed by atoms with van der Waals surface area (Å²) >= 11 is 3.22. The summed E-state index contributed by atoms with van der Waals surface area (Å²) < 4.78 is 13.9. The number of hydrogen-bond donors (Lipinski definition) is 0. The summed E-state index contributed by atoms with van der Waals surface area (Å²) in [5, 5.41) is 9.34. The lowest BCUT2D eigenvalue weighted by atomic mass is 9.70. The zero-order valence-corrected chi connectivity index (χ0v) is 11.5. The Kier molecular flexibility index (Phi) is 3.82. The van der Waals surface area contributed by atoms with Crippen molar-refractivity contribution in [2.45, 2.75) is 32.1 Å². The van der Waals surface area contributed by atoms with Crippen molar-refractivity contribution in [3.05, 3.63) is 34.1 Å². The molecule has 1 fully saturated rings. The molecule has 0 spiro atoms. The summed E-state index contributed by atoms with van der Waals surface area (Å²) in [5.74, 6) is -0.354. The fourth-order valence-corrected chi connectivity index (χ4v) is 3.01. The van der Waals surface area contributed by atoms with Crippen LogP contribution < -0.4 is 0 Å². The van der Waals surface area contributed by atoms with Crippen LogP contribution in [0, 0.1) is 22.6 Å². The van der Waals surface area contributed by atoms with Crippen molar-refractivity contribution in [1.82, 2.24) is 0 Å². The lowest BCUT2D eigenvalue weighted by Crippen LogP contribution is -2.34. The van der Waals surface area contributed by atoms with E-state index in [4.69, 9.17) is 0 Å². The average molecular weight is 310 g/mol. The van der Waals surface area contributed by atoms with E-state index in [9.17, 15) is 14.4 Å². The minimum absolute atomic E-state index is 0.00312. The predicted molar refractivity (Wildman–Crippen MR) is 69.3 cm³/mol. The topological polar surface area (TPSA) is 40.9 Å². The van der Waals surface area contributed by atoms with Crippen molar-refractivity contribution in [2.75, 3.05) is 0 Å². The van der Waals surface area contributed by atoms with E-state index in [1.165, 1.54) is 12.1 Å². The second-order valence-corrected chi connectivity index (χ2v) is 5.69. The lowest BCUT2D eigenvalue weighted by molar-refractivity contribution is -0.128. The van der Waals surface area contributed by atoms with Gasteiger partial charge in [-0.25, -0.2) is 4.39 Å². The molecule has 1 aromatic rings. The monoisotopic (exact) mass is 309 g/mol. The van der Waals surface area contributed by atoms with Gasteiger partial charge < -0.3 is 0 Å². The molecule has 0 heterocycles. The van der Waals surface area contributed by atoms with Gasteiger partial charge in [-0.15, -0.1) is 0 Å². The highest BCUT2D eigenvalue weighted by Crippen LogP contribution is 2.36. The van der Waals surface area contributed by atoms with E-state index < -0.39 is 5.41 Å². The van der Waals surface area contributed by atoms with Crippen LogP contribution in [0.25, 0.3) is 0 Å². The van der Waals surface area contributed by atoms with Crippen LogP contribution in [0.15, 0.2) is 22.7 Å². The van der Waals surface area contributed by atoms with Crippen LogP contribution in [0.1, 0.15) is 31.2 Å². The van der Waals surface area contributed by atoms with E-state index >= 15 is 0 Å². The van der Waals surface area contributed by atoms with Gasteiger partial charge >= 0.3 is 0 Å². The molecule has 0 amide bonds. The smallest absolute Gasteiger partial charge is 0.153 e. The SMILES string of the molecule is N#CC1(Cc2cc(F)cc(Br)c2)CCCCC1=O. The number of nitrogens with zero attached hydrogens (tertiary/aromatic N) is 1. The zero-order chi connectivity index (χ0) is 13.2. The van der Waals surface area contributed by atoms with E-state index in [1.807, 2.05) is 0 Å². The highest BCUT2D eigenvalue weighted by molar-refractivity contribution is 9.10. The number of halogens is 2. The number of hydrogen-bond acceptors (Lipinski definition) is 2. The molecule has 1 aromatic carbocycles. The molecule has 2 nitrogen and oxygen atoms in total. The summed E-state index contributed by atoms with van der Waals surface area (Å²) in [4.78, 5) is 12.0. The summed E-state index contributed by atoms with van der Waals surface area (Å²) in [6.45, 7) is 0. The number of carbonyl (C=O) groups excluding carboxylic acids is 1. The maximum Gasteiger partial charge on any atom is 0.153 e. The number of benzene rings is 1. The molecule has 0 aromatic heterocycles. The molecule has 94 valence electrons. The number of Topliss-reactive ketones (excluding diaryl/α,β-unsaturated/α-hetero) is 1. The van der Waals surface area contributed by atoms with Crippen LogP contribution in [0.4, 0.5) is 4.39 Å². The molecule has 1 aliphatic carbocycles. The fourth-order valence-electron chi connectivity index (χ4n) is 2.50. The van der Waals surface area contributed by atoms with Crippen LogP contribution >= 0.6 is 15.9 Å². The van der Waals surface area contributed by atoms with Gasteiger partial charge in [0, 0.05) is 10.9 Å². The van der Waals surface area contributed by atoms with Crippen LogP contribution in [0.5, 0.6) is 0 Å². The summed E-state index contributed by atoms with van der Waals surface area (Å²) in [6, 6.07) is 6.70. The van der Waals surface area contributed by atoms with Crippen molar-refractivity contribution >= 4 is 21.7 Å². The zero-order valence-electron chi connectivity index (χ0n) is 9.88. The second-order valence-electron chi connectivity index (χ2n) is 4.78. The van der Waals surface area contributed by atoms with Gasteiger partial charge in [-0.3, -0.25) is 4.79 Å². The molecule has 1 saturated carbocycles. The van der Waals surface area contributed by atoms with Gasteiger partial charge in [-0.1, -0.05) is 22.4 Å². The van der Waals surface area contributed by atoms with Gasteiger partial charge in [0.1, 0.15) is 11.2 Å². The second kappa shape index (κ2) is 5.19. The summed E-state index contributed by atoms with van der Waals surface area (Å²) in [6.07, 6.45) is 3.09. The molecule has 0 radical (unpaired) electrons. The Morgan fingerprint density at radius 3 is 2.78 bits per heavy atom. The summed E-state index contributed by atoms with van der Waals surface area (Å²) in [7, 11) is 0. The third-order valence-corrected chi connectivity index (χ3v) is 3.89. The Labute approximate surface area is 114 Å². The minimum atomic E-state index is -0.953. The standard InChI is InChI=1S/C14H13BrFNO/c15-11-5-10(6-12(16)7-11)8-14(9-17)4-2-1-3-13(14)18/h5-7H,1-4,8H2. The van der Waals surface area contributed by atoms with Crippen LogP contribution in [-0.4, -0.2) is 5.78 Å². The molecular weight excluding hydrogens is 297 g/mol. The van der Waals surface area contributed by atoms with Gasteiger partial charge in [0.2, 0.25) is 0 Å². The molecule has 1 unspecified atom stereocenters. The van der Waals surface area contributed by atoms with Crippen molar-refractivity contribution in [3.63, 3.8) is 0 Å². The van der Waals surface area contributed by atoms with Crippen molar-refractivity contribution in [2.24, 2.45) is 5.41 Å². The molecule has 18 heavy (non-hydrogen) atoms. The van der Waals surface area contributed by atoms with E-state index in [2.05, 4.69) is 22.0 Å². The number of rotatable bonds is 2. The molecule has 0 saturated heterocycles. The fraction of sp³-hybridized carbons (Fsp3) is 0.429. The Morgan fingerprint density at radius 1 is 1.39 bits per heavy atom. The molecular formula is C14H13BrFNO. The first kappa shape index (κ1) is 13.2. The predicted octanol–water partition coefficient (Wildman–Crippen LogP) is 3.78. The lowest BCUT2D eigenvalue weighted by Gasteiger charge is -2.29. The van der Waals surface area contributed by atoms with Crippen LogP contribution in [-0.2, 0) is 11.2 Å². The Bertz CT molecular complexity index is 503. The summed E-state index contributed by atoms with van der Waals surface area (Å²) in [5.41, 5.74) is -0.260. The normalized spacial score (nSPS) is 23.7. The molecule has 1 atom stereocenters. The van der Waals surface area contributed by atoms with Crippen LogP contribution in [0.3, 0.4) is 0 Å². The van der Waals surface area contributed by atoms with E-state index in [-0.39, 0.29) is 11.6 Å². The van der Waals surface area contributed by atoms with Crippen molar-refractivity contribution in [1.29, 1.82) is 5.26 Å². The third kappa shape index (κ3) is 2.62. The Hall–Kier alpha value is -1.21. The Morgan fingerprint density at radius 2 is 2.17 bits per heavy atom. The van der Waals surface area contributed by atoms with Crippen LogP contribution in [0.2, 0.25) is 0 Å². The maximum atomic E-state index is 13.3. The number of carbonyl (C=O) groups is 1. The van der Waals surface area contributed by atoms with E-state index in [1.54, 1.807) is 6.07 Å². The molecule has 1 aliphatic rings. The quantitative estimate of drug-likeness (QED) is 0.834. The van der Waals surface area contributed by atoms with Crippen molar-refractivity contribution in [3.8, 4) is 6.07 Å².